The van der Waals surface area contributed by atoms with Gasteiger partial charge in [0, 0.05) is 5.92 Å². The first-order valence-electron chi connectivity index (χ1n) is 6.66. The zero-order chi connectivity index (χ0) is 12.8. The van der Waals surface area contributed by atoms with E-state index < -0.39 is 0 Å². The molecular formula is C15H21NO2. The Morgan fingerprint density at radius 1 is 1.22 bits per heavy atom. The van der Waals surface area contributed by atoms with E-state index in [0.717, 1.165) is 24.3 Å². The molecule has 2 atom stereocenters. The lowest BCUT2D eigenvalue weighted by molar-refractivity contribution is 0.107. The molecule has 1 heterocycles. The van der Waals surface area contributed by atoms with Gasteiger partial charge in [0.2, 0.25) is 5.90 Å². The molecule has 98 valence electrons. The van der Waals surface area contributed by atoms with Gasteiger partial charge in [0.1, 0.15) is 6.61 Å². The summed E-state index contributed by atoms with van der Waals surface area (Å²) in [6.45, 7) is 4.72. The van der Waals surface area contributed by atoms with Crippen molar-refractivity contribution in [3.63, 3.8) is 0 Å². The van der Waals surface area contributed by atoms with Gasteiger partial charge in [-0.2, -0.15) is 0 Å². The van der Waals surface area contributed by atoms with Crippen molar-refractivity contribution in [2.24, 2.45) is 11.1 Å². The van der Waals surface area contributed by atoms with Crippen LogP contribution in [0.4, 0.5) is 0 Å². The minimum Gasteiger partial charge on any atom is -0.475 e. The normalized spacial score (nSPS) is 26.4. The third kappa shape index (κ3) is 3.76. The number of hydrogen-bond acceptors (Lipinski definition) is 3. The van der Waals surface area contributed by atoms with E-state index in [4.69, 9.17) is 9.57 Å². The van der Waals surface area contributed by atoms with Crippen LogP contribution in [0.5, 0.6) is 0 Å². The van der Waals surface area contributed by atoms with Gasteiger partial charge >= 0.3 is 0 Å². The number of ether oxygens (including phenoxy) is 1. The van der Waals surface area contributed by atoms with E-state index in [2.05, 4.69) is 19.0 Å². The maximum absolute atomic E-state index is 5.79. The van der Waals surface area contributed by atoms with Crippen LogP contribution in [0.2, 0.25) is 0 Å². The largest absolute Gasteiger partial charge is 0.475 e. The molecule has 0 aromatic heterocycles. The average Bonchev–Trinajstić information content (AvgIpc) is 2.53. The molecule has 18 heavy (non-hydrogen) atoms. The van der Waals surface area contributed by atoms with Crippen LogP contribution >= 0.6 is 0 Å². The first-order chi connectivity index (χ1) is 8.75. The van der Waals surface area contributed by atoms with Gasteiger partial charge in [-0.25, -0.2) is 0 Å². The van der Waals surface area contributed by atoms with Crippen LogP contribution < -0.4 is 0 Å². The van der Waals surface area contributed by atoms with E-state index in [1.54, 1.807) is 0 Å². The third-order valence-electron chi connectivity index (χ3n) is 3.22. The zero-order valence-electron chi connectivity index (χ0n) is 11.1. The lowest BCUT2D eigenvalue weighted by atomic mass is 10.1. The summed E-state index contributed by atoms with van der Waals surface area (Å²) in [6, 6.07) is 10.0. The Morgan fingerprint density at radius 3 is 2.78 bits per heavy atom. The lowest BCUT2D eigenvalue weighted by Crippen LogP contribution is -2.17. The summed E-state index contributed by atoms with van der Waals surface area (Å²) in [4.78, 5) is 5.40. The van der Waals surface area contributed by atoms with Gasteiger partial charge in [0.05, 0.1) is 6.10 Å². The highest BCUT2D eigenvalue weighted by Gasteiger charge is 2.20. The molecule has 3 heteroatoms. The molecule has 3 nitrogen and oxygen atoms in total. The summed E-state index contributed by atoms with van der Waals surface area (Å²) in [6.07, 6.45) is 3.66. The highest BCUT2D eigenvalue weighted by atomic mass is 16.6. The van der Waals surface area contributed by atoms with Gasteiger partial charge in [-0.15, -0.1) is 0 Å². The average molecular weight is 247 g/mol. The molecule has 1 aliphatic rings. The maximum atomic E-state index is 5.79. The molecule has 1 aromatic carbocycles. The summed E-state index contributed by atoms with van der Waals surface area (Å²) in [5.41, 5.74) is 1.12. The second-order valence-electron chi connectivity index (χ2n) is 4.95. The third-order valence-corrected chi connectivity index (χ3v) is 3.22. The second kappa shape index (κ2) is 6.43. The molecule has 0 N–H and O–H groups in total. The molecule has 0 bridgehead atoms. The fraction of sp³-hybridized carbons (Fsp3) is 0.533. The van der Waals surface area contributed by atoms with Gasteiger partial charge in [-0.05, 0) is 31.7 Å². The first kappa shape index (κ1) is 12.9. The predicted octanol–water partition coefficient (Wildman–Crippen LogP) is 3.74. The van der Waals surface area contributed by atoms with Crippen LogP contribution in [-0.4, -0.2) is 12.0 Å². The van der Waals surface area contributed by atoms with E-state index in [9.17, 15) is 0 Å². The van der Waals surface area contributed by atoms with E-state index in [-0.39, 0.29) is 6.10 Å². The van der Waals surface area contributed by atoms with Crippen LogP contribution in [0.15, 0.2) is 35.5 Å². The van der Waals surface area contributed by atoms with Gasteiger partial charge in [-0.1, -0.05) is 42.4 Å². The van der Waals surface area contributed by atoms with Crippen LogP contribution in [0, 0.1) is 5.92 Å². The number of rotatable bonds is 3. The molecule has 1 aromatic rings. The van der Waals surface area contributed by atoms with Crippen LogP contribution in [0.1, 0.15) is 38.7 Å². The zero-order valence-corrected chi connectivity index (χ0v) is 11.1. The highest BCUT2D eigenvalue weighted by Crippen LogP contribution is 2.20. The molecule has 0 spiro atoms. The number of benzene rings is 1. The topological polar surface area (TPSA) is 30.8 Å². The predicted molar refractivity (Wildman–Crippen MR) is 72.2 cm³/mol. The van der Waals surface area contributed by atoms with Crippen molar-refractivity contribution in [3.8, 4) is 0 Å². The smallest absolute Gasteiger partial charge is 0.228 e. The number of oxime groups is 1. The van der Waals surface area contributed by atoms with Gasteiger partial charge in [-0.3, -0.25) is 0 Å². The van der Waals surface area contributed by atoms with Crippen molar-refractivity contribution >= 4 is 5.90 Å². The van der Waals surface area contributed by atoms with Crippen molar-refractivity contribution in [2.45, 2.75) is 45.8 Å². The summed E-state index contributed by atoms with van der Waals surface area (Å²) >= 11 is 0. The Bertz CT molecular complexity index is 389. The second-order valence-corrected chi connectivity index (χ2v) is 4.95. The Labute approximate surface area is 109 Å². The fourth-order valence-electron chi connectivity index (χ4n) is 2.07. The summed E-state index contributed by atoms with van der Waals surface area (Å²) < 4.78 is 5.79. The lowest BCUT2D eigenvalue weighted by Gasteiger charge is -2.14. The Balaban J connectivity index is 1.91. The molecule has 0 unspecified atom stereocenters. The maximum Gasteiger partial charge on any atom is 0.228 e. The SMILES string of the molecule is C[C@@H]1CCC[C@@H](C)/C(=N\OCc2ccccc2)O1. The van der Waals surface area contributed by atoms with Crippen molar-refractivity contribution in [2.75, 3.05) is 0 Å². The number of hydrogen-bond donors (Lipinski definition) is 0. The van der Waals surface area contributed by atoms with Crippen LogP contribution in [-0.2, 0) is 16.2 Å². The van der Waals surface area contributed by atoms with E-state index in [1.807, 2.05) is 30.3 Å². The molecule has 0 saturated carbocycles. The van der Waals surface area contributed by atoms with E-state index in [1.165, 1.54) is 6.42 Å². The Hall–Kier alpha value is -1.51. The monoisotopic (exact) mass is 247 g/mol. The van der Waals surface area contributed by atoms with Gasteiger partial charge in [0.15, 0.2) is 0 Å². The van der Waals surface area contributed by atoms with Crippen LogP contribution in [0.3, 0.4) is 0 Å². The molecule has 0 radical (unpaired) electrons. The van der Waals surface area contributed by atoms with Crippen molar-refractivity contribution in [1.29, 1.82) is 0 Å². The minimum absolute atomic E-state index is 0.244. The minimum atomic E-state index is 0.244. The molecule has 2 rings (SSSR count). The van der Waals surface area contributed by atoms with Crippen LogP contribution in [0.25, 0.3) is 0 Å². The standard InChI is InChI=1S/C15H21NO2/c1-12-7-6-8-13(2)18-15(12)16-17-11-14-9-4-3-5-10-14/h3-5,9-10,12-13H,6-8,11H2,1-2H3/b16-15+/t12-,13-/m1/s1. The Kier molecular flexibility index (Phi) is 4.62. The summed E-state index contributed by atoms with van der Waals surface area (Å²) in [5, 5.41) is 4.16. The van der Waals surface area contributed by atoms with Crippen molar-refractivity contribution < 1.29 is 9.57 Å². The number of nitrogens with zero attached hydrogens (tertiary/aromatic N) is 1. The molecule has 0 amide bonds. The van der Waals surface area contributed by atoms with Gasteiger partial charge in [0.25, 0.3) is 0 Å². The van der Waals surface area contributed by atoms with Crippen molar-refractivity contribution in [1.82, 2.24) is 0 Å². The van der Waals surface area contributed by atoms with Crippen molar-refractivity contribution in [3.05, 3.63) is 35.9 Å². The molecular weight excluding hydrogens is 226 g/mol. The van der Waals surface area contributed by atoms with E-state index >= 15 is 0 Å². The summed E-state index contributed by atoms with van der Waals surface area (Å²) in [5.74, 6) is 1.10. The summed E-state index contributed by atoms with van der Waals surface area (Å²) in [7, 11) is 0. The quantitative estimate of drug-likeness (QED) is 0.762. The highest BCUT2D eigenvalue weighted by molar-refractivity contribution is 5.78. The Morgan fingerprint density at radius 2 is 2.00 bits per heavy atom. The molecule has 1 saturated heterocycles. The molecule has 1 fully saturated rings. The van der Waals surface area contributed by atoms with Gasteiger partial charge < -0.3 is 9.57 Å². The molecule has 1 aliphatic heterocycles. The molecule has 0 aliphatic carbocycles. The van der Waals surface area contributed by atoms with E-state index in [0.29, 0.717) is 12.5 Å². The fourth-order valence-corrected chi connectivity index (χ4v) is 2.07. The first-order valence-corrected chi connectivity index (χ1v) is 6.66.